The molecule has 17 heavy (non-hydrogen) atoms. The van der Waals surface area contributed by atoms with Crippen LogP contribution in [0.1, 0.15) is 15.5 Å². The Bertz CT molecular complexity index is 578. The molecule has 0 bridgehead atoms. The molecule has 0 aliphatic rings. The Morgan fingerprint density at radius 1 is 1.41 bits per heavy atom. The first-order chi connectivity index (χ1) is 8.08. The largest absolute Gasteiger partial charge is 0.323 e. The molecule has 0 N–H and O–H groups in total. The van der Waals surface area contributed by atoms with Crippen molar-refractivity contribution in [3.8, 4) is 0 Å². The molecule has 2 heterocycles. The SMILES string of the molecule is O=C(Cl)C(=O)c1nccn1Cc1cnc(Cl)s1. The third kappa shape index (κ3) is 2.71. The Hall–Kier alpha value is -1.24. The van der Waals surface area contributed by atoms with Crippen molar-refractivity contribution in [3.63, 3.8) is 0 Å². The van der Waals surface area contributed by atoms with Crippen LogP contribution in [0.3, 0.4) is 0 Å². The first-order valence-electron chi connectivity index (χ1n) is 4.43. The molecule has 0 spiro atoms. The Kier molecular flexibility index (Phi) is 3.56. The van der Waals surface area contributed by atoms with Crippen LogP contribution in [0.4, 0.5) is 0 Å². The number of halogens is 2. The smallest absolute Gasteiger partial charge is 0.296 e. The second kappa shape index (κ2) is 4.95. The number of hydrogen-bond acceptors (Lipinski definition) is 5. The van der Waals surface area contributed by atoms with E-state index in [-0.39, 0.29) is 5.82 Å². The monoisotopic (exact) mass is 289 g/mol. The summed E-state index contributed by atoms with van der Waals surface area (Å²) in [5, 5.41) is -1.06. The zero-order chi connectivity index (χ0) is 12.4. The van der Waals surface area contributed by atoms with Crippen LogP contribution < -0.4 is 0 Å². The van der Waals surface area contributed by atoms with Gasteiger partial charge in [-0.15, -0.1) is 11.3 Å². The predicted octanol–water partition coefficient (Wildman–Crippen LogP) is 1.99. The van der Waals surface area contributed by atoms with Gasteiger partial charge in [-0.3, -0.25) is 9.59 Å². The summed E-state index contributed by atoms with van der Waals surface area (Å²) in [5.41, 5.74) is 0. The zero-order valence-corrected chi connectivity index (χ0v) is 10.6. The van der Waals surface area contributed by atoms with E-state index in [9.17, 15) is 9.59 Å². The summed E-state index contributed by atoms with van der Waals surface area (Å²) < 4.78 is 1.94. The van der Waals surface area contributed by atoms with E-state index in [1.165, 1.54) is 22.1 Å². The van der Waals surface area contributed by atoms with Gasteiger partial charge in [0.15, 0.2) is 10.3 Å². The van der Waals surface area contributed by atoms with Crippen LogP contribution >= 0.6 is 34.5 Å². The third-order valence-corrected chi connectivity index (χ3v) is 3.22. The van der Waals surface area contributed by atoms with Gasteiger partial charge >= 0.3 is 0 Å². The number of rotatable bonds is 4. The number of thiazole rings is 1. The fourth-order valence-electron chi connectivity index (χ4n) is 1.26. The average molecular weight is 290 g/mol. The first kappa shape index (κ1) is 12.2. The van der Waals surface area contributed by atoms with Crippen molar-refractivity contribution in [2.75, 3.05) is 0 Å². The highest BCUT2D eigenvalue weighted by Crippen LogP contribution is 2.19. The number of ketones is 1. The van der Waals surface area contributed by atoms with Crippen molar-refractivity contribution < 1.29 is 9.59 Å². The predicted molar refractivity (Wildman–Crippen MR) is 63.6 cm³/mol. The highest BCUT2D eigenvalue weighted by atomic mass is 35.5. The second-order valence-corrected chi connectivity index (χ2v) is 5.10. The molecule has 0 saturated carbocycles. The van der Waals surface area contributed by atoms with E-state index in [0.717, 1.165) is 4.88 Å². The summed E-state index contributed by atoms with van der Waals surface area (Å²) in [6.45, 7) is 0.371. The van der Waals surface area contributed by atoms with Crippen molar-refractivity contribution >= 4 is 45.6 Å². The van der Waals surface area contributed by atoms with E-state index in [1.54, 1.807) is 12.4 Å². The molecular formula is C9H5Cl2N3O2S. The second-order valence-electron chi connectivity index (χ2n) is 3.06. The number of aromatic nitrogens is 3. The summed E-state index contributed by atoms with van der Waals surface area (Å²) in [6.07, 6.45) is 4.61. The molecule has 0 radical (unpaired) electrons. The number of Topliss-reactive ketones (excluding diaryl/α,β-unsaturated/α-hetero) is 1. The van der Waals surface area contributed by atoms with Gasteiger partial charge in [-0.2, -0.15) is 0 Å². The van der Waals surface area contributed by atoms with Crippen molar-refractivity contribution in [1.29, 1.82) is 0 Å². The maximum atomic E-state index is 11.4. The standard InChI is InChI=1S/C9H5Cl2N3O2S/c10-7(16)6(15)8-12-1-2-14(8)4-5-3-13-9(11)17-5/h1-3H,4H2. The fraction of sp³-hybridized carbons (Fsp3) is 0.111. The molecular weight excluding hydrogens is 285 g/mol. The number of imidazole rings is 1. The van der Waals surface area contributed by atoms with Gasteiger partial charge in [-0.25, -0.2) is 9.97 Å². The molecule has 0 unspecified atom stereocenters. The molecule has 88 valence electrons. The normalized spacial score (nSPS) is 10.5. The van der Waals surface area contributed by atoms with Crippen molar-refractivity contribution in [1.82, 2.24) is 14.5 Å². The summed E-state index contributed by atoms with van der Waals surface area (Å²) in [7, 11) is 0. The van der Waals surface area contributed by atoms with Gasteiger partial charge in [-0.05, 0) is 11.6 Å². The number of nitrogens with zero attached hydrogens (tertiary/aromatic N) is 3. The van der Waals surface area contributed by atoms with Gasteiger partial charge in [0.05, 0.1) is 6.54 Å². The van der Waals surface area contributed by atoms with Gasteiger partial charge < -0.3 is 4.57 Å². The van der Waals surface area contributed by atoms with Crippen LogP contribution in [0, 0.1) is 0 Å². The summed E-state index contributed by atoms with van der Waals surface area (Å²) >= 11 is 12.1. The number of carbonyl (C=O) groups is 2. The summed E-state index contributed by atoms with van der Waals surface area (Å²) in [5.74, 6) is -0.818. The molecule has 8 heteroatoms. The van der Waals surface area contributed by atoms with E-state index in [2.05, 4.69) is 9.97 Å². The molecule has 0 saturated heterocycles. The maximum absolute atomic E-state index is 11.4. The lowest BCUT2D eigenvalue weighted by molar-refractivity contribution is -0.108. The van der Waals surface area contributed by atoms with Gasteiger partial charge in [0.25, 0.3) is 11.0 Å². The van der Waals surface area contributed by atoms with Gasteiger partial charge in [0.2, 0.25) is 0 Å². The first-order valence-corrected chi connectivity index (χ1v) is 6.00. The van der Waals surface area contributed by atoms with Crippen LogP contribution in [-0.2, 0) is 11.3 Å². The van der Waals surface area contributed by atoms with Crippen LogP contribution in [0.2, 0.25) is 4.47 Å². The third-order valence-electron chi connectivity index (χ3n) is 1.95. The Morgan fingerprint density at radius 3 is 2.76 bits per heavy atom. The topological polar surface area (TPSA) is 64.8 Å². The van der Waals surface area contributed by atoms with Crippen molar-refractivity contribution in [3.05, 3.63) is 33.8 Å². The van der Waals surface area contributed by atoms with Crippen molar-refractivity contribution in [2.45, 2.75) is 6.54 Å². The van der Waals surface area contributed by atoms with Gasteiger partial charge in [0.1, 0.15) is 0 Å². The highest BCUT2D eigenvalue weighted by Gasteiger charge is 2.19. The fourth-order valence-corrected chi connectivity index (χ4v) is 2.32. The molecule has 0 aromatic carbocycles. The average Bonchev–Trinajstić information content (AvgIpc) is 2.87. The number of carbonyl (C=O) groups excluding carboxylic acids is 2. The van der Waals surface area contributed by atoms with E-state index >= 15 is 0 Å². The minimum atomic E-state index is -1.06. The number of hydrogen-bond donors (Lipinski definition) is 0. The quantitative estimate of drug-likeness (QED) is 0.490. The molecule has 5 nitrogen and oxygen atoms in total. The van der Waals surface area contributed by atoms with Gasteiger partial charge in [0, 0.05) is 23.5 Å². The zero-order valence-electron chi connectivity index (χ0n) is 8.26. The lowest BCUT2D eigenvalue weighted by Crippen LogP contribution is -2.15. The minimum Gasteiger partial charge on any atom is -0.323 e. The Morgan fingerprint density at radius 2 is 2.18 bits per heavy atom. The summed E-state index contributed by atoms with van der Waals surface area (Å²) in [4.78, 5) is 30.7. The molecule has 0 atom stereocenters. The van der Waals surface area contributed by atoms with Crippen molar-refractivity contribution in [2.24, 2.45) is 0 Å². The molecule has 0 aliphatic heterocycles. The molecule has 2 aromatic heterocycles. The van der Waals surface area contributed by atoms with Crippen LogP contribution in [-0.4, -0.2) is 25.6 Å². The van der Waals surface area contributed by atoms with Crippen LogP contribution in [0.25, 0.3) is 0 Å². The highest BCUT2D eigenvalue weighted by molar-refractivity contribution is 7.15. The Labute approximate surface area is 110 Å². The molecule has 0 fully saturated rings. The maximum Gasteiger partial charge on any atom is 0.296 e. The van der Waals surface area contributed by atoms with E-state index < -0.39 is 11.0 Å². The molecule has 2 rings (SSSR count). The summed E-state index contributed by atoms with van der Waals surface area (Å²) in [6, 6.07) is 0. The Balaban J connectivity index is 2.25. The lowest BCUT2D eigenvalue weighted by atomic mass is 10.4. The van der Waals surface area contributed by atoms with Gasteiger partial charge in [-0.1, -0.05) is 11.6 Å². The molecule has 0 amide bonds. The minimum absolute atomic E-state index is 0.00882. The van der Waals surface area contributed by atoms with Crippen LogP contribution in [0.5, 0.6) is 0 Å². The van der Waals surface area contributed by atoms with E-state index in [0.29, 0.717) is 11.0 Å². The lowest BCUT2D eigenvalue weighted by Gasteiger charge is -2.02. The van der Waals surface area contributed by atoms with E-state index in [4.69, 9.17) is 23.2 Å². The van der Waals surface area contributed by atoms with Crippen LogP contribution in [0.15, 0.2) is 18.6 Å². The molecule has 0 aliphatic carbocycles. The van der Waals surface area contributed by atoms with E-state index in [1.807, 2.05) is 0 Å². The molecule has 2 aromatic rings.